The quantitative estimate of drug-likeness (QED) is 0.596. The lowest BCUT2D eigenvalue weighted by Gasteiger charge is -2.25. The van der Waals surface area contributed by atoms with Gasteiger partial charge in [-0.05, 0) is 70.5 Å². The van der Waals surface area contributed by atoms with Crippen LogP contribution in [-0.4, -0.2) is 40.9 Å². The summed E-state index contributed by atoms with van der Waals surface area (Å²) in [5, 5.41) is -0.202. The number of rotatable bonds is 5. The lowest BCUT2D eigenvalue weighted by Crippen LogP contribution is -2.29. The van der Waals surface area contributed by atoms with Gasteiger partial charge in [-0.15, -0.1) is 0 Å². The molecule has 0 aromatic carbocycles. The third-order valence-corrected chi connectivity index (χ3v) is 4.94. The summed E-state index contributed by atoms with van der Waals surface area (Å²) < 4.78 is 7.24. The van der Waals surface area contributed by atoms with Crippen molar-refractivity contribution in [2.45, 2.75) is 46.6 Å². The molecule has 0 bridgehead atoms. The molecule has 1 saturated heterocycles. The van der Waals surface area contributed by atoms with Crippen LogP contribution in [0.2, 0.25) is 0 Å². The second-order valence-corrected chi connectivity index (χ2v) is 8.01. The molecule has 2 heterocycles. The molecule has 24 heavy (non-hydrogen) atoms. The summed E-state index contributed by atoms with van der Waals surface area (Å²) >= 11 is 1.01. The Kier molecular flexibility index (Phi) is 5.60. The van der Waals surface area contributed by atoms with E-state index in [2.05, 4.69) is 38.3 Å². The van der Waals surface area contributed by atoms with Crippen molar-refractivity contribution in [1.29, 1.82) is 0 Å². The Bertz CT molecular complexity index is 683. The van der Waals surface area contributed by atoms with E-state index in [0.29, 0.717) is 24.5 Å². The summed E-state index contributed by atoms with van der Waals surface area (Å²) in [4.78, 5) is 26.4. The minimum atomic E-state index is -0.207. The van der Waals surface area contributed by atoms with E-state index in [4.69, 9.17) is 4.74 Å². The molecule has 0 aliphatic carbocycles. The van der Waals surface area contributed by atoms with Gasteiger partial charge in [0.15, 0.2) is 0 Å². The van der Waals surface area contributed by atoms with Gasteiger partial charge in [-0.2, -0.15) is 0 Å². The second kappa shape index (κ2) is 7.15. The molecule has 0 saturated carbocycles. The van der Waals surface area contributed by atoms with E-state index < -0.39 is 0 Å². The van der Waals surface area contributed by atoms with Crippen LogP contribution in [0.5, 0.6) is 0 Å². The predicted molar refractivity (Wildman–Crippen MR) is 98.1 cm³/mol. The maximum atomic E-state index is 12.5. The van der Waals surface area contributed by atoms with Crippen LogP contribution in [0.4, 0.5) is 4.79 Å². The molecule has 6 heteroatoms. The molecule has 0 spiro atoms. The highest BCUT2D eigenvalue weighted by atomic mass is 32.2. The number of thioether (sulfide) groups is 1. The van der Waals surface area contributed by atoms with Crippen molar-refractivity contribution in [3.05, 3.63) is 27.9 Å². The SMILES string of the molecule is COCCCN1C(=O)S/C(=C/c2cc(C)n(C(C)(C)C)c2C)C1=O. The summed E-state index contributed by atoms with van der Waals surface area (Å²) in [5.74, 6) is -0.207. The number of nitrogens with zero attached hydrogens (tertiary/aromatic N) is 2. The topological polar surface area (TPSA) is 51.5 Å². The van der Waals surface area contributed by atoms with Crippen LogP contribution in [0.3, 0.4) is 0 Å². The van der Waals surface area contributed by atoms with Crippen LogP contribution in [0.15, 0.2) is 11.0 Å². The number of methoxy groups -OCH3 is 1. The fourth-order valence-corrected chi connectivity index (χ4v) is 4.02. The first-order valence-electron chi connectivity index (χ1n) is 8.10. The lowest BCUT2D eigenvalue weighted by atomic mass is 10.1. The largest absolute Gasteiger partial charge is 0.385 e. The minimum Gasteiger partial charge on any atom is -0.385 e. The highest BCUT2D eigenvalue weighted by molar-refractivity contribution is 8.18. The smallest absolute Gasteiger partial charge is 0.293 e. The van der Waals surface area contributed by atoms with E-state index in [1.54, 1.807) is 7.11 Å². The van der Waals surface area contributed by atoms with Crippen LogP contribution >= 0.6 is 11.8 Å². The van der Waals surface area contributed by atoms with Gasteiger partial charge in [0.2, 0.25) is 0 Å². The van der Waals surface area contributed by atoms with Crippen molar-refractivity contribution in [2.75, 3.05) is 20.3 Å². The number of imide groups is 1. The van der Waals surface area contributed by atoms with Crippen molar-refractivity contribution < 1.29 is 14.3 Å². The average Bonchev–Trinajstić information content (AvgIpc) is 2.89. The average molecular weight is 350 g/mol. The van der Waals surface area contributed by atoms with Crippen LogP contribution in [0, 0.1) is 13.8 Å². The summed E-state index contributed by atoms with van der Waals surface area (Å²) in [6, 6.07) is 2.07. The molecule has 0 N–H and O–H groups in total. The molecule has 1 aromatic heterocycles. The number of ether oxygens (including phenoxy) is 1. The molecule has 132 valence electrons. The van der Waals surface area contributed by atoms with Crippen molar-refractivity contribution in [2.24, 2.45) is 0 Å². The molecule has 1 aliphatic heterocycles. The van der Waals surface area contributed by atoms with Gasteiger partial charge < -0.3 is 9.30 Å². The lowest BCUT2D eigenvalue weighted by molar-refractivity contribution is -0.122. The van der Waals surface area contributed by atoms with Crippen molar-refractivity contribution in [1.82, 2.24) is 9.47 Å². The van der Waals surface area contributed by atoms with Gasteiger partial charge in [-0.25, -0.2) is 0 Å². The fraction of sp³-hybridized carbons (Fsp3) is 0.556. The first kappa shape index (κ1) is 18.8. The third-order valence-electron chi connectivity index (χ3n) is 4.03. The summed E-state index contributed by atoms with van der Waals surface area (Å²) in [5.41, 5.74) is 3.21. The second-order valence-electron chi connectivity index (χ2n) is 7.01. The number of aromatic nitrogens is 1. The summed E-state index contributed by atoms with van der Waals surface area (Å²) in [6.07, 6.45) is 2.49. The Morgan fingerprint density at radius 2 is 1.92 bits per heavy atom. The molecular weight excluding hydrogens is 324 g/mol. The molecule has 2 amide bonds. The number of amides is 2. The Balaban J connectivity index is 2.27. The zero-order valence-corrected chi connectivity index (χ0v) is 16.1. The van der Waals surface area contributed by atoms with Crippen LogP contribution in [0.25, 0.3) is 6.08 Å². The van der Waals surface area contributed by atoms with Gasteiger partial charge in [-0.3, -0.25) is 14.5 Å². The Morgan fingerprint density at radius 1 is 1.25 bits per heavy atom. The van der Waals surface area contributed by atoms with Gasteiger partial charge >= 0.3 is 0 Å². The third kappa shape index (κ3) is 3.75. The van der Waals surface area contributed by atoms with E-state index in [-0.39, 0.29) is 16.7 Å². The zero-order valence-electron chi connectivity index (χ0n) is 15.3. The molecule has 1 aliphatic rings. The zero-order chi connectivity index (χ0) is 18.1. The van der Waals surface area contributed by atoms with Gasteiger partial charge in [0.1, 0.15) is 0 Å². The first-order valence-corrected chi connectivity index (χ1v) is 8.92. The van der Waals surface area contributed by atoms with E-state index in [1.165, 1.54) is 4.90 Å². The van der Waals surface area contributed by atoms with Gasteiger partial charge in [-0.1, -0.05) is 0 Å². The Labute approximate surface area is 148 Å². The maximum absolute atomic E-state index is 12.5. The van der Waals surface area contributed by atoms with Gasteiger partial charge in [0, 0.05) is 37.2 Å². The molecule has 2 rings (SSSR count). The van der Waals surface area contributed by atoms with Crippen LogP contribution in [0.1, 0.15) is 44.1 Å². The van der Waals surface area contributed by atoms with Crippen LogP contribution in [-0.2, 0) is 15.1 Å². The number of hydrogen-bond donors (Lipinski definition) is 0. The van der Waals surface area contributed by atoms with E-state index in [0.717, 1.165) is 28.7 Å². The summed E-state index contributed by atoms with van der Waals surface area (Å²) in [7, 11) is 1.61. The molecule has 0 atom stereocenters. The van der Waals surface area contributed by atoms with Crippen molar-refractivity contribution in [3.8, 4) is 0 Å². The molecule has 0 unspecified atom stereocenters. The molecule has 5 nitrogen and oxygen atoms in total. The van der Waals surface area contributed by atoms with E-state index in [9.17, 15) is 9.59 Å². The highest BCUT2D eigenvalue weighted by Crippen LogP contribution is 2.34. The number of aryl methyl sites for hydroxylation is 1. The summed E-state index contributed by atoms with van der Waals surface area (Å²) in [6.45, 7) is 11.5. The fourth-order valence-electron chi connectivity index (χ4n) is 3.17. The van der Waals surface area contributed by atoms with E-state index >= 15 is 0 Å². The van der Waals surface area contributed by atoms with Crippen molar-refractivity contribution in [3.63, 3.8) is 0 Å². The molecule has 1 fully saturated rings. The van der Waals surface area contributed by atoms with Crippen LogP contribution < -0.4 is 0 Å². The molecule has 0 radical (unpaired) electrons. The van der Waals surface area contributed by atoms with Gasteiger partial charge in [0.05, 0.1) is 4.91 Å². The molecule has 1 aromatic rings. The first-order chi connectivity index (χ1) is 11.2. The highest BCUT2D eigenvalue weighted by Gasteiger charge is 2.34. The number of carbonyl (C=O) groups is 2. The maximum Gasteiger partial charge on any atom is 0.293 e. The normalized spacial score (nSPS) is 17.4. The van der Waals surface area contributed by atoms with Gasteiger partial charge in [0.25, 0.3) is 11.1 Å². The van der Waals surface area contributed by atoms with Crippen molar-refractivity contribution >= 4 is 29.0 Å². The number of hydrogen-bond acceptors (Lipinski definition) is 4. The Morgan fingerprint density at radius 3 is 2.46 bits per heavy atom. The minimum absolute atomic E-state index is 0.0280. The predicted octanol–water partition coefficient (Wildman–Crippen LogP) is 3.93. The number of carbonyl (C=O) groups excluding carboxylic acids is 2. The van der Waals surface area contributed by atoms with E-state index in [1.807, 2.05) is 13.0 Å². The monoisotopic (exact) mass is 350 g/mol. The Hall–Kier alpha value is -1.53. The standard InChI is InChI=1S/C18H26N2O3S/c1-12-10-14(13(2)20(12)18(3,4)5)11-15-16(21)19(17(22)24-15)8-7-9-23-6/h10-11H,7-9H2,1-6H3/b15-11+. The molecular formula is C18H26N2O3S.